The first-order valence-electron chi connectivity index (χ1n) is 14.0. The van der Waals surface area contributed by atoms with E-state index in [9.17, 15) is 4.79 Å². The van der Waals surface area contributed by atoms with Crippen LogP contribution >= 0.6 is 0 Å². The summed E-state index contributed by atoms with van der Waals surface area (Å²) in [5, 5.41) is 8.60. The summed E-state index contributed by atoms with van der Waals surface area (Å²) in [5.74, 6) is -0.649. The molecule has 0 saturated heterocycles. The van der Waals surface area contributed by atoms with Gasteiger partial charge < -0.3 is 5.11 Å². The molecule has 0 bridgehead atoms. The third kappa shape index (κ3) is 33.0. The summed E-state index contributed by atoms with van der Waals surface area (Å²) < 4.78 is 0. The van der Waals surface area contributed by atoms with E-state index in [2.05, 4.69) is 6.92 Å². The van der Waals surface area contributed by atoms with Gasteiger partial charge in [-0.25, -0.2) is 0 Å². The zero-order valence-electron chi connectivity index (χ0n) is 20.7. The van der Waals surface area contributed by atoms with Crippen LogP contribution in [0.4, 0.5) is 0 Å². The van der Waals surface area contributed by atoms with E-state index in [1.54, 1.807) is 0 Å². The Labute approximate surface area is 226 Å². The zero-order chi connectivity index (χ0) is 22.0. The zero-order valence-corrected chi connectivity index (χ0v) is 20.7. The maximum atomic E-state index is 10.4. The van der Waals surface area contributed by atoms with E-state index in [4.69, 9.17) is 5.11 Å². The van der Waals surface area contributed by atoms with Crippen molar-refractivity contribution in [1.29, 1.82) is 0 Å². The van der Waals surface area contributed by atoms with Crippen LogP contribution in [0, 0.1) is 0 Å². The van der Waals surface area contributed by atoms with E-state index >= 15 is 0 Å². The van der Waals surface area contributed by atoms with Gasteiger partial charge in [-0.2, -0.15) is 0 Å². The summed E-state index contributed by atoms with van der Waals surface area (Å²) in [6.45, 7) is 2.29. The quantitative estimate of drug-likeness (QED) is 0.102. The molecule has 0 unspecified atom stereocenters. The van der Waals surface area contributed by atoms with E-state index in [1.807, 2.05) is 0 Å². The van der Waals surface area contributed by atoms with Gasteiger partial charge in [0.05, 0.1) is 0 Å². The van der Waals surface area contributed by atoms with Crippen LogP contribution in [0.2, 0.25) is 0 Å². The molecule has 2 nitrogen and oxygen atoms in total. The van der Waals surface area contributed by atoms with Crippen molar-refractivity contribution in [3.05, 3.63) is 0 Å². The molecule has 0 aliphatic carbocycles. The Hall–Kier alpha value is 0.730. The summed E-state index contributed by atoms with van der Waals surface area (Å²) in [6, 6.07) is 0. The normalized spacial score (nSPS) is 10.9. The molecule has 0 radical (unpaired) electrons. The number of carboxylic acids is 1. The van der Waals surface area contributed by atoms with Crippen LogP contribution < -0.4 is 0 Å². The monoisotopic (exact) mass is 466 g/mol. The molecule has 0 aromatic carbocycles. The molecule has 0 heterocycles. The van der Waals surface area contributed by atoms with E-state index in [-0.39, 0.29) is 37.7 Å². The van der Waals surface area contributed by atoms with Crippen molar-refractivity contribution >= 4 is 43.7 Å². The van der Waals surface area contributed by atoms with Gasteiger partial charge in [-0.05, 0) is 6.42 Å². The second-order valence-electron chi connectivity index (χ2n) is 9.63. The minimum atomic E-state index is -0.649. The summed E-state index contributed by atoms with van der Waals surface area (Å²) in [7, 11) is 0. The Morgan fingerprint density at radius 1 is 0.419 bits per heavy atom. The van der Waals surface area contributed by atoms with Gasteiger partial charge in [0.15, 0.2) is 0 Å². The molecular formula is C28H58CaO2. The number of unbranched alkanes of at least 4 members (excludes halogenated alkanes) is 24. The van der Waals surface area contributed by atoms with Crippen LogP contribution in [-0.4, -0.2) is 48.8 Å². The topological polar surface area (TPSA) is 37.3 Å². The van der Waals surface area contributed by atoms with Gasteiger partial charge in [0.2, 0.25) is 0 Å². The van der Waals surface area contributed by atoms with E-state index in [0.717, 1.165) is 12.8 Å². The van der Waals surface area contributed by atoms with Crippen molar-refractivity contribution in [3.63, 3.8) is 0 Å². The Morgan fingerprint density at radius 2 is 0.613 bits per heavy atom. The van der Waals surface area contributed by atoms with Gasteiger partial charge in [-0.15, -0.1) is 0 Å². The number of aliphatic carboxylic acids is 1. The molecule has 0 aromatic heterocycles. The van der Waals surface area contributed by atoms with Crippen molar-refractivity contribution in [2.75, 3.05) is 0 Å². The van der Waals surface area contributed by atoms with Crippen LogP contribution in [0.25, 0.3) is 0 Å². The predicted octanol–water partition coefficient (Wildman–Crippen LogP) is 9.32. The van der Waals surface area contributed by atoms with Crippen molar-refractivity contribution in [2.24, 2.45) is 0 Å². The molecule has 0 atom stereocenters. The fourth-order valence-electron chi connectivity index (χ4n) is 4.42. The summed E-state index contributed by atoms with van der Waals surface area (Å²) in [5.41, 5.74) is 0. The number of carboxylic acid groups (broad SMARTS) is 1. The summed E-state index contributed by atoms with van der Waals surface area (Å²) in [6.07, 6.45) is 35.0. The molecule has 0 aliphatic rings. The molecule has 0 fully saturated rings. The third-order valence-electron chi connectivity index (χ3n) is 6.49. The fraction of sp³-hybridized carbons (Fsp3) is 0.964. The second kappa shape index (κ2) is 30.7. The van der Waals surface area contributed by atoms with Gasteiger partial charge in [0, 0.05) is 6.42 Å². The summed E-state index contributed by atoms with van der Waals surface area (Å²) in [4.78, 5) is 10.4. The van der Waals surface area contributed by atoms with Gasteiger partial charge >= 0.3 is 43.7 Å². The number of hydrogen-bond donors (Lipinski definition) is 1. The molecule has 31 heavy (non-hydrogen) atoms. The fourth-order valence-corrected chi connectivity index (χ4v) is 4.42. The maximum absolute atomic E-state index is 10.4. The van der Waals surface area contributed by atoms with Crippen molar-refractivity contribution < 1.29 is 9.90 Å². The molecule has 0 rings (SSSR count). The van der Waals surface area contributed by atoms with Crippen LogP contribution in [0.3, 0.4) is 0 Å². The van der Waals surface area contributed by atoms with Gasteiger partial charge in [-0.3, -0.25) is 4.79 Å². The minimum absolute atomic E-state index is 0. The molecule has 0 spiro atoms. The third-order valence-corrected chi connectivity index (χ3v) is 6.49. The van der Waals surface area contributed by atoms with Crippen molar-refractivity contribution in [3.8, 4) is 0 Å². The predicted molar refractivity (Wildman–Crippen MR) is 142 cm³/mol. The molecule has 0 saturated carbocycles. The van der Waals surface area contributed by atoms with Crippen LogP contribution in [-0.2, 0) is 4.79 Å². The Morgan fingerprint density at radius 3 is 0.806 bits per heavy atom. The first kappa shape index (κ1) is 33.9. The summed E-state index contributed by atoms with van der Waals surface area (Å²) >= 11 is 0. The van der Waals surface area contributed by atoms with Crippen LogP contribution in [0.5, 0.6) is 0 Å². The Bertz CT molecular complexity index is 333. The SMILES string of the molecule is CCCCCCCCCCCCCCCCCCCCCCCCCCCC(=O)O.[CaH2]. The van der Waals surface area contributed by atoms with Crippen LogP contribution in [0.1, 0.15) is 174 Å². The van der Waals surface area contributed by atoms with Crippen molar-refractivity contribution in [1.82, 2.24) is 0 Å². The van der Waals surface area contributed by atoms with Gasteiger partial charge in [-0.1, -0.05) is 161 Å². The van der Waals surface area contributed by atoms with E-state index < -0.39 is 5.97 Å². The van der Waals surface area contributed by atoms with E-state index in [1.165, 1.54) is 148 Å². The Kier molecular flexibility index (Phi) is 33.6. The van der Waals surface area contributed by atoms with Crippen LogP contribution in [0.15, 0.2) is 0 Å². The molecule has 1 N–H and O–H groups in total. The second-order valence-corrected chi connectivity index (χ2v) is 9.63. The Balaban J connectivity index is 0. The molecule has 0 aliphatic heterocycles. The molecule has 0 amide bonds. The van der Waals surface area contributed by atoms with Gasteiger partial charge in [0.25, 0.3) is 0 Å². The number of hydrogen-bond acceptors (Lipinski definition) is 1. The standard InChI is InChI=1S/C28H56O2.Ca.2H/c1-2-3-4-5-6-7-8-9-10-11-12-13-14-15-16-17-18-19-20-21-22-23-24-25-26-27-28(29)30;;;/h2-27H2,1H3,(H,29,30);;;. The average Bonchev–Trinajstić information content (AvgIpc) is 2.73. The van der Waals surface area contributed by atoms with Gasteiger partial charge in [0.1, 0.15) is 0 Å². The number of carbonyl (C=O) groups is 1. The number of rotatable bonds is 26. The van der Waals surface area contributed by atoms with Crippen molar-refractivity contribution in [2.45, 2.75) is 174 Å². The molecule has 0 aromatic rings. The molecule has 3 heteroatoms. The first-order valence-corrected chi connectivity index (χ1v) is 14.0. The molecular weight excluding hydrogens is 408 g/mol. The van der Waals surface area contributed by atoms with E-state index in [0.29, 0.717) is 6.42 Å². The first-order chi connectivity index (χ1) is 14.8. The average molecular weight is 467 g/mol. The molecule has 184 valence electrons.